The third kappa shape index (κ3) is 4.18. The average Bonchev–Trinajstić information content (AvgIpc) is 2.48. The van der Waals surface area contributed by atoms with Gasteiger partial charge in [-0.15, -0.1) is 12.4 Å². The number of nitrogens with one attached hydrogen (secondary N) is 2. The summed E-state index contributed by atoms with van der Waals surface area (Å²) in [7, 11) is 0. The van der Waals surface area contributed by atoms with Crippen LogP contribution in [0.1, 0.15) is 31.2 Å². The molecule has 0 aromatic heterocycles. The van der Waals surface area contributed by atoms with E-state index >= 15 is 0 Å². The molecular weight excluding hydrogens is 316 g/mol. The summed E-state index contributed by atoms with van der Waals surface area (Å²) in [6.45, 7) is 1.81. The van der Waals surface area contributed by atoms with Gasteiger partial charge in [0.05, 0.1) is 0 Å². The third-order valence-electron chi connectivity index (χ3n) is 4.75. The molecule has 0 radical (unpaired) electrons. The maximum absolute atomic E-state index is 12.2. The fourth-order valence-electron chi connectivity index (χ4n) is 3.28. The molecule has 0 spiro atoms. The zero-order valence-electron chi connectivity index (χ0n) is 12.8. The molecule has 1 aromatic rings. The molecule has 1 aliphatic carbocycles. The van der Waals surface area contributed by atoms with E-state index in [9.17, 15) is 4.79 Å². The summed E-state index contributed by atoms with van der Waals surface area (Å²) >= 11 is 1.94. The summed E-state index contributed by atoms with van der Waals surface area (Å²) < 4.78 is 0. The number of thioether (sulfide) groups is 1. The van der Waals surface area contributed by atoms with Crippen molar-refractivity contribution in [3.05, 3.63) is 35.9 Å². The van der Waals surface area contributed by atoms with E-state index in [-0.39, 0.29) is 23.7 Å². The van der Waals surface area contributed by atoms with Crippen LogP contribution in [0.3, 0.4) is 0 Å². The van der Waals surface area contributed by atoms with Gasteiger partial charge in [-0.05, 0) is 18.4 Å². The Kier molecular flexibility index (Phi) is 6.60. The normalized spacial score (nSPS) is 23.0. The molecule has 1 amide bonds. The summed E-state index contributed by atoms with van der Waals surface area (Å²) in [5, 5.41) is 6.61. The van der Waals surface area contributed by atoms with Gasteiger partial charge in [0, 0.05) is 42.5 Å². The van der Waals surface area contributed by atoms with Crippen LogP contribution < -0.4 is 10.6 Å². The Morgan fingerprint density at radius 3 is 2.68 bits per heavy atom. The molecule has 2 aliphatic rings. The smallest absolute Gasteiger partial charge is 0.221 e. The molecule has 1 heterocycles. The Hall–Kier alpha value is -0.710. The molecular formula is C17H25ClN2OS. The van der Waals surface area contributed by atoms with E-state index in [1.165, 1.54) is 24.8 Å². The van der Waals surface area contributed by atoms with Gasteiger partial charge in [0.1, 0.15) is 0 Å². The zero-order valence-corrected chi connectivity index (χ0v) is 14.5. The zero-order chi connectivity index (χ0) is 14.5. The van der Waals surface area contributed by atoms with Gasteiger partial charge in [0.2, 0.25) is 5.91 Å². The van der Waals surface area contributed by atoms with Gasteiger partial charge in [-0.25, -0.2) is 0 Å². The van der Waals surface area contributed by atoms with E-state index in [1.54, 1.807) is 0 Å². The maximum atomic E-state index is 12.2. The summed E-state index contributed by atoms with van der Waals surface area (Å²) in [6.07, 6.45) is 4.26. The number of hydrogen-bond acceptors (Lipinski definition) is 3. The third-order valence-corrected chi connectivity index (χ3v) is 5.88. The molecule has 22 heavy (non-hydrogen) atoms. The molecule has 1 aromatic carbocycles. The van der Waals surface area contributed by atoms with Crippen LogP contribution in [0.25, 0.3) is 0 Å². The van der Waals surface area contributed by atoms with Gasteiger partial charge in [0.25, 0.3) is 0 Å². The Balaban J connectivity index is 0.00000176. The largest absolute Gasteiger partial charge is 0.355 e. The van der Waals surface area contributed by atoms with Crippen molar-refractivity contribution in [3.63, 3.8) is 0 Å². The summed E-state index contributed by atoms with van der Waals surface area (Å²) in [5.41, 5.74) is 1.56. The molecule has 2 fully saturated rings. The minimum absolute atomic E-state index is 0. The number of rotatable bonds is 5. The number of carbonyl (C=O) groups is 1. The van der Waals surface area contributed by atoms with Crippen LogP contribution in [0.5, 0.6) is 0 Å². The SMILES string of the molecule is Cl.O=C(CC1CSCCN1)NCC1(c2ccccc2)CCC1. The van der Waals surface area contributed by atoms with E-state index in [2.05, 4.69) is 41.0 Å². The van der Waals surface area contributed by atoms with Crippen molar-refractivity contribution in [2.75, 3.05) is 24.6 Å². The van der Waals surface area contributed by atoms with Crippen molar-refractivity contribution in [2.45, 2.75) is 37.1 Å². The van der Waals surface area contributed by atoms with Crippen LogP contribution in [-0.2, 0) is 10.2 Å². The quantitative estimate of drug-likeness (QED) is 0.866. The van der Waals surface area contributed by atoms with Crippen LogP contribution in [0.15, 0.2) is 30.3 Å². The first kappa shape index (κ1) is 17.6. The van der Waals surface area contributed by atoms with Gasteiger partial charge < -0.3 is 10.6 Å². The van der Waals surface area contributed by atoms with Crippen molar-refractivity contribution in [1.29, 1.82) is 0 Å². The van der Waals surface area contributed by atoms with E-state index < -0.39 is 0 Å². The van der Waals surface area contributed by atoms with Gasteiger partial charge in [-0.2, -0.15) is 11.8 Å². The maximum Gasteiger partial charge on any atom is 0.221 e. The Morgan fingerprint density at radius 1 is 1.32 bits per heavy atom. The van der Waals surface area contributed by atoms with E-state index in [1.807, 2.05) is 11.8 Å². The van der Waals surface area contributed by atoms with E-state index in [0.29, 0.717) is 12.5 Å². The molecule has 3 rings (SSSR count). The Bertz CT molecular complexity index is 473. The topological polar surface area (TPSA) is 41.1 Å². The minimum atomic E-state index is 0. The number of benzene rings is 1. The predicted molar refractivity (Wildman–Crippen MR) is 96.0 cm³/mol. The highest BCUT2D eigenvalue weighted by Crippen LogP contribution is 2.43. The van der Waals surface area contributed by atoms with Crippen LogP contribution in [0.4, 0.5) is 0 Å². The summed E-state index contributed by atoms with van der Waals surface area (Å²) in [4.78, 5) is 12.2. The first-order chi connectivity index (χ1) is 10.3. The molecule has 122 valence electrons. The number of halogens is 1. The first-order valence-corrected chi connectivity index (χ1v) is 9.07. The second kappa shape index (κ2) is 8.23. The molecule has 1 saturated heterocycles. The average molecular weight is 341 g/mol. The highest BCUT2D eigenvalue weighted by atomic mass is 35.5. The van der Waals surface area contributed by atoms with Gasteiger partial charge in [-0.3, -0.25) is 4.79 Å². The van der Waals surface area contributed by atoms with Gasteiger partial charge in [0.15, 0.2) is 0 Å². The number of carbonyl (C=O) groups excluding carboxylic acids is 1. The standard InChI is InChI=1S/C17H24N2OS.ClH/c20-16(11-15-12-21-10-9-18-15)19-13-17(7-4-8-17)14-5-2-1-3-6-14;/h1-3,5-6,15,18H,4,7-13H2,(H,19,20);1H. The molecule has 2 N–H and O–H groups in total. The summed E-state index contributed by atoms with van der Waals surface area (Å²) in [6, 6.07) is 11.0. The molecule has 1 atom stereocenters. The highest BCUT2D eigenvalue weighted by molar-refractivity contribution is 7.99. The van der Waals surface area contributed by atoms with Crippen molar-refractivity contribution in [3.8, 4) is 0 Å². The Labute approximate surface area is 143 Å². The molecule has 0 bridgehead atoms. The van der Waals surface area contributed by atoms with E-state index in [0.717, 1.165) is 24.6 Å². The van der Waals surface area contributed by atoms with Gasteiger partial charge in [-0.1, -0.05) is 36.8 Å². The lowest BCUT2D eigenvalue weighted by Crippen LogP contribution is -2.47. The van der Waals surface area contributed by atoms with Crippen LogP contribution in [0, 0.1) is 0 Å². The van der Waals surface area contributed by atoms with Crippen molar-refractivity contribution >= 4 is 30.1 Å². The molecule has 1 unspecified atom stereocenters. The van der Waals surface area contributed by atoms with Crippen LogP contribution in [-0.4, -0.2) is 36.5 Å². The lowest BCUT2D eigenvalue weighted by molar-refractivity contribution is -0.121. The van der Waals surface area contributed by atoms with Crippen LogP contribution >= 0.6 is 24.2 Å². The molecule has 1 saturated carbocycles. The first-order valence-electron chi connectivity index (χ1n) is 7.92. The van der Waals surface area contributed by atoms with Crippen molar-refractivity contribution < 1.29 is 4.79 Å². The molecule has 3 nitrogen and oxygen atoms in total. The second-order valence-electron chi connectivity index (χ2n) is 6.21. The monoisotopic (exact) mass is 340 g/mol. The fraction of sp³-hybridized carbons (Fsp3) is 0.588. The highest BCUT2D eigenvalue weighted by Gasteiger charge is 2.38. The molecule has 1 aliphatic heterocycles. The lowest BCUT2D eigenvalue weighted by Gasteiger charge is -2.42. The second-order valence-corrected chi connectivity index (χ2v) is 7.36. The minimum Gasteiger partial charge on any atom is -0.355 e. The van der Waals surface area contributed by atoms with Crippen LogP contribution in [0.2, 0.25) is 0 Å². The summed E-state index contributed by atoms with van der Waals surface area (Å²) in [5.74, 6) is 2.41. The predicted octanol–water partition coefficient (Wildman–Crippen LogP) is 2.74. The van der Waals surface area contributed by atoms with Crippen molar-refractivity contribution in [1.82, 2.24) is 10.6 Å². The Morgan fingerprint density at radius 2 is 2.09 bits per heavy atom. The number of hydrogen-bond donors (Lipinski definition) is 2. The molecule has 5 heteroatoms. The number of amides is 1. The lowest BCUT2D eigenvalue weighted by atomic mass is 9.64. The van der Waals surface area contributed by atoms with Crippen molar-refractivity contribution in [2.24, 2.45) is 0 Å². The fourth-order valence-corrected chi connectivity index (χ4v) is 4.23. The van der Waals surface area contributed by atoms with Gasteiger partial charge >= 0.3 is 0 Å². The van der Waals surface area contributed by atoms with E-state index in [4.69, 9.17) is 0 Å².